The van der Waals surface area contributed by atoms with Crippen LogP contribution in [-0.4, -0.2) is 34.4 Å². The van der Waals surface area contributed by atoms with Crippen molar-refractivity contribution < 1.29 is 4.79 Å². The van der Waals surface area contributed by atoms with Gasteiger partial charge in [0.2, 0.25) is 5.91 Å². The van der Waals surface area contributed by atoms with Gasteiger partial charge in [-0.05, 0) is 24.6 Å². The quantitative estimate of drug-likeness (QED) is 0.512. The van der Waals surface area contributed by atoms with Crippen molar-refractivity contribution >= 4 is 22.9 Å². The van der Waals surface area contributed by atoms with E-state index in [1.54, 1.807) is 11.7 Å². The van der Waals surface area contributed by atoms with Gasteiger partial charge in [-0.1, -0.05) is 32.9 Å². The Morgan fingerprint density at radius 2 is 1.85 bits per heavy atom. The third-order valence-corrected chi connectivity index (χ3v) is 5.49. The number of imidazole rings is 1. The molecule has 0 aliphatic rings. The van der Waals surface area contributed by atoms with Crippen molar-refractivity contribution in [2.75, 3.05) is 5.32 Å². The molecule has 0 saturated carbocycles. The molecule has 33 heavy (non-hydrogen) atoms. The van der Waals surface area contributed by atoms with Crippen LogP contribution in [0.2, 0.25) is 0 Å². The number of anilines is 1. The number of nitrogens with one attached hydrogen (secondary N) is 1. The lowest BCUT2D eigenvalue weighted by Crippen LogP contribution is -2.42. The monoisotopic (exact) mass is 449 g/mol. The number of hydrogen-bond acceptors (Lipinski definition) is 5. The van der Waals surface area contributed by atoms with Crippen LogP contribution in [0.1, 0.15) is 32.0 Å². The van der Waals surface area contributed by atoms with Gasteiger partial charge in [0.15, 0.2) is 11.2 Å². The average Bonchev–Trinajstić information content (AvgIpc) is 3.33. The molecule has 3 aromatic heterocycles. The SMILES string of the molecule is Cc1cccc(-n2nc(C(C)(C)C)cc2NC(=O)Cn2c(=O)c3c(ncn3C)n(C)c2=O)c1. The molecule has 10 nitrogen and oxygen atoms in total. The normalized spacial score (nSPS) is 11.8. The highest BCUT2D eigenvalue weighted by Crippen LogP contribution is 2.26. The molecule has 0 radical (unpaired) electrons. The first-order valence-electron chi connectivity index (χ1n) is 10.6. The number of rotatable bonds is 4. The van der Waals surface area contributed by atoms with Crippen LogP contribution in [0.15, 0.2) is 46.2 Å². The summed E-state index contributed by atoms with van der Waals surface area (Å²) in [5, 5.41) is 7.53. The van der Waals surface area contributed by atoms with E-state index in [0.717, 1.165) is 21.5 Å². The van der Waals surface area contributed by atoms with Gasteiger partial charge in [0.25, 0.3) is 5.56 Å². The summed E-state index contributed by atoms with van der Waals surface area (Å²) < 4.78 is 5.38. The summed E-state index contributed by atoms with van der Waals surface area (Å²) in [6.07, 6.45) is 1.46. The van der Waals surface area contributed by atoms with Gasteiger partial charge >= 0.3 is 5.69 Å². The van der Waals surface area contributed by atoms with Gasteiger partial charge in [-0.3, -0.25) is 14.2 Å². The second-order valence-corrected chi connectivity index (χ2v) is 9.22. The minimum absolute atomic E-state index is 0.244. The van der Waals surface area contributed by atoms with Gasteiger partial charge in [0.05, 0.1) is 17.7 Å². The van der Waals surface area contributed by atoms with Crippen LogP contribution < -0.4 is 16.6 Å². The van der Waals surface area contributed by atoms with Crippen LogP contribution >= 0.6 is 0 Å². The summed E-state index contributed by atoms with van der Waals surface area (Å²) in [6, 6.07) is 9.57. The summed E-state index contributed by atoms with van der Waals surface area (Å²) in [6.45, 7) is 7.65. The van der Waals surface area contributed by atoms with E-state index in [-0.39, 0.29) is 16.6 Å². The molecule has 4 rings (SSSR count). The number of carbonyl (C=O) groups excluding carboxylic acids is 1. The van der Waals surface area contributed by atoms with E-state index in [1.807, 2.05) is 58.0 Å². The number of nitrogens with zero attached hydrogens (tertiary/aromatic N) is 6. The number of amides is 1. The summed E-state index contributed by atoms with van der Waals surface area (Å²) >= 11 is 0. The van der Waals surface area contributed by atoms with Crippen molar-refractivity contribution in [3.63, 3.8) is 0 Å². The largest absolute Gasteiger partial charge is 0.332 e. The summed E-state index contributed by atoms with van der Waals surface area (Å²) in [5.41, 5.74) is 1.76. The van der Waals surface area contributed by atoms with E-state index >= 15 is 0 Å². The second-order valence-electron chi connectivity index (χ2n) is 9.22. The molecule has 0 atom stereocenters. The van der Waals surface area contributed by atoms with E-state index in [2.05, 4.69) is 10.3 Å². The summed E-state index contributed by atoms with van der Waals surface area (Å²) in [5.74, 6) is -0.0491. The van der Waals surface area contributed by atoms with Crippen molar-refractivity contribution in [2.24, 2.45) is 14.1 Å². The van der Waals surface area contributed by atoms with Crippen molar-refractivity contribution in [1.82, 2.24) is 28.5 Å². The zero-order valence-corrected chi connectivity index (χ0v) is 19.6. The van der Waals surface area contributed by atoms with Crippen LogP contribution in [-0.2, 0) is 30.8 Å². The Labute approximate surface area is 190 Å². The van der Waals surface area contributed by atoms with Gasteiger partial charge in [-0.25, -0.2) is 19.0 Å². The van der Waals surface area contributed by atoms with Gasteiger partial charge in [0, 0.05) is 25.6 Å². The van der Waals surface area contributed by atoms with Gasteiger partial charge in [-0.15, -0.1) is 0 Å². The van der Waals surface area contributed by atoms with Crippen LogP contribution in [0.4, 0.5) is 5.82 Å². The number of benzene rings is 1. The van der Waals surface area contributed by atoms with E-state index in [1.165, 1.54) is 22.5 Å². The number of carbonyl (C=O) groups is 1. The molecule has 1 N–H and O–H groups in total. The topological polar surface area (TPSA) is 109 Å². The van der Waals surface area contributed by atoms with Gasteiger partial charge in [-0.2, -0.15) is 5.10 Å². The maximum absolute atomic E-state index is 13.0. The third-order valence-electron chi connectivity index (χ3n) is 5.49. The Morgan fingerprint density at radius 1 is 1.12 bits per heavy atom. The van der Waals surface area contributed by atoms with Crippen LogP contribution in [0.3, 0.4) is 0 Å². The van der Waals surface area contributed by atoms with Crippen molar-refractivity contribution in [3.8, 4) is 5.69 Å². The molecule has 172 valence electrons. The highest BCUT2D eigenvalue weighted by atomic mass is 16.2. The molecule has 1 aromatic carbocycles. The first-order valence-corrected chi connectivity index (χ1v) is 10.6. The number of hydrogen-bond donors (Lipinski definition) is 1. The molecule has 0 fully saturated rings. The Kier molecular flexibility index (Phi) is 5.31. The zero-order chi connectivity index (χ0) is 24.1. The molecule has 0 spiro atoms. The maximum atomic E-state index is 13.0. The lowest BCUT2D eigenvalue weighted by Gasteiger charge is -2.14. The van der Waals surface area contributed by atoms with Crippen molar-refractivity contribution in [3.05, 3.63) is 68.8 Å². The van der Waals surface area contributed by atoms with E-state index in [4.69, 9.17) is 5.10 Å². The second kappa shape index (κ2) is 7.88. The Morgan fingerprint density at radius 3 is 2.52 bits per heavy atom. The maximum Gasteiger partial charge on any atom is 0.332 e. The molecule has 10 heteroatoms. The minimum atomic E-state index is -0.607. The minimum Gasteiger partial charge on any atom is -0.328 e. The highest BCUT2D eigenvalue weighted by molar-refractivity contribution is 5.90. The number of aromatic nitrogens is 6. The lowest BCUT2D eigenvalue weighted by molar-refractivity contribution is -0.116. The highest BCUT2D eigenvalue weighted by Gasteiger charge is 2.23. The first kappa shape index (κ1) is 22.3. The molecule has 1 amide bonds. The first-order chi connectivity index (χ1) is 15.5. The standard InChI is InChI=1S/C23H27N7O3/c1-14-8-7-9-15(10-14)30-17(11-16(26-30)23(2,3)4)25-18(31)12-29-21(32)19-20(24-13-27(19)5)28(6)22(29)33/h7-11,13H,12H2,1-6H3,(H,25,31). The van der Waals surface area contributed by atoms with Crippen LogP contribution in [0, 0.1) is 6.92 Å². The van der Waals surface area contributed by atoms with E-state index in [0.29, 0.717) is 5.82 Å². The molecule has 0 aliphatic carbocycles. The third kappa shape index (κ3) is 3.99. The fraction of sp³-hybridized carbons (Fsp3) is 0.348. The fourth-order valence-electron chi connectivity index (χ4n) is 3.65. The number of fused-ring (bicyclic) bond motifs is 1. The number of aryl methyl sites for hydroxylation is 3. The molecular weight excluding hydrogens is 422 g/mol. The van der Waals surface area contributed by atoms with Gasteiger partial charge < -0.3 is 9.88 Å². The van der Waals surface area contributed by atoms with Crippen molar-refractivity contribution in [2.45, 2.75) is 39.7 Å². The summed E-state index contributed by atoms with van der Waals surface area (Å²) in [4.78, 5) is 42.8. The molecule has 0 bridgehead atoms. The predicted octanol–water partition coefficient (Wildman–Crippen LogP) is 1.86. The Balaban J connectivity index is 1.73. The molecule has 0 unspecified atom stereocenters. The van der Waals surface area contributed by atoms with Crippen LogP contribution in [0.5, 0.6) is 0 Å². The van der Waals surface area contributed by atoms with Crippen molar-refractivity contribution in [1.29, 1.82) is 0 Å². The molecule has 4 aromatic rings. The smallest absolute Gasteiger partial charge is 0.328 e. The zero-order valence-electron chi connectivity index (χ0n) is 19.6. The summed E-state index contributed by atoms with van der Waals surface area (Å²) in [7, 11) is 3.19. The Hall–Kier alpha value is -3.95. The van der Waals surface area contributed by atoms with Gasteiger partial charge in [0.1, 0.15) is 12.4 Å². The fourth-order valence-corrected chi connectivity index (χ4v) is 3.65. The lowest BCUT2D eigenvalue weighted by atomic mass is 9.92. The van der Waals surface area contributed by atoms with E-state index in [9.17, 15) is 14.4 Å². The average molecular weight is 450 g/mol. The Bertz CT molecular complexity index is 1500. The van der Waals surface area contributed by atoms with Crippen LogP contribution in [0.25, 0.3) is 16.9 Å². The molecule has 0 aliphatic heterocycles. The molecule has 3 heterocycles. The predicted molar refractivity (Wildman–Crippen MR) is 126 cm³/mol. The van der Waals surface area contributed by atoms with E-state index < -0.39 is 23.7 Å². The molecular formula is C23H27N7O3. The molecule has 0 saturated heterocycles.